The minimum Gasteiger partial charge on any atom is -0.384 e. The number of nitrogens with two attached hydrogens (primary N) is 1. The topological polar surface area (TPSA) is 53.1 Å². The number of anilines is 2. The first-order valence-electron chi connectivity index (χ1n) is 6.49. The summed E-state index contributed by atoms with van der Waals surface area (Å²) in [6, 6.07) is 13.7. The summed E-state index contributed by atoms with van der Waals surface area (Å²) >= 11 is 6.06. The Morgan fingerprint density at radius 2 is 1.85 bits per heavy atom. The van der Waals surface area contributed by atoms with E-state index in [0.29, 0.717) is 10.6 Å². The van der Waals surface area contributed by atoms with Crippen LogP contribution in [0.2, 0.25) is 5.02 Å². The molecule has 0 spiro atoms. The molecule has 2 aromatic rings. The summed E-state index contributed by atoms with van der Waals surface area (Å²) in [5.41, 5.74) is 9.47. The minimum atomic E-state index is 0.0358. The molecule has 0 heterocycles. The Labute approximate surface area is 124 Å². The van der Waals surface area contributed by atoms with Gasteiger partial charge in [0.1, 0.15) is 5.84 Å². The molecule has 3 N–H and O–H groups in total. The van der Waals surface area contributed by atoms with Crippen LogP contribution >= 0.6 is 11.6 Å². The smallest absolute Gasteiger partial charge is 0.124 e. The average molecular weight is 288 g/mol. The van der Waals surface area contributed by atoms with E-state index in [-0.39, 0.29) is 5.84 Å². The maximum atomic E-state index is 7.67. The molecule has 0 saturated carbocycles. The van der Waals surface area contributed by atoms with Gasteiger partial charge in [0, 0.05) is 23.3 Å². The number of rotatable bonds is 4. The van der Waals surface area contributed by atoms with Gasteiger partial charge in [0.15, 0.2) is 0 Å². The monoisotopic (exact) mass is 287 g/mol. The van der Waals surface area contributed by atoms with Crippen LogP contribution in [0.25, 0.3) is 0 Å². The molecule has 0 atom stereocenters. The second-order valence-electron chi connectivity index (χ2n) is 4.65. The molecule has 0 bridgehead atoms. The van der Waals surface area contributed by atoms with E-state index in [2.05, 4.69) is 31.2 Å². The molecule has 0 amide bonds. The van der Waals surface area contributed by atoms with Gasteiger partial charge in [-0.1, -0.05) is 30.7 Å². The van der Waals surface area contributed by atoms with Gasteiger partial charge in [-0.15, -0.1) is 0 Å². The van der Waals surface area contributed by atoms with Crippen LogP contribution in [0.4, 0.5) is 11.4 Å². The van der Waals surface area contributed by atoms with Crippen molar-refractivity contribution in [1.29, 1.82) is 5.41 Å². The predicted molar refractivity (Wildman–Crippen MR) is 86.4 cm³/mol. The molecule has 2 aromatic carbocycles. The Balaban J connectivity index is 2.43. The molecule has 0 fully saturated rings. The summed E-state index contributed by atoms with van der Waals surface area (Å²) in [7, 11) is 1.94. The SMILES string of the molecule is CCc1ccc(N(C)c2cc(Cl)ccc2C(=N)N)cc1. The van der Waals surface area contributed by atoms with Crippen molar-refractivity contribution in [3.63, 3.8) is 0 Å². The number of nitrogens with zero attached hydrogens (tertiary/aromatic N) is 1. The lowest BCUT2D eigenvalue weighted by molar-refractivity contribution is 1.13. The number of aryl methyl sites for hydroxylation is 1. The fourth-order valence-electron chi connectivity index (χ4n) is 2.10. The average Bonchev–Trinajstić information content (AvgIpc) is 2.46. The van der Waals surface area contributed by atoms with Gasteiger partial charge in [-0.2, -0.15) is 0 Å². The quantitative estimate of drug-likeness (QED) is 0.661. The lowest BCUT2D eigenvalue weighted by Gasteiger charge is -2.22. The highest BCUT2D eigenvalue weighted by molar-refractivity contribution is 6.31. The molecule has 2 rings (SSSR count). The van der Waals surface area contributed by atoms with Crippen LogP contribution in [0.1, 0.15) is 18.1 Å². The third-order valence-corrected chi connectivity index (χ3v) is 3.58. The van der Waals surface area contributed by atoms with Crippen LogP contribution in [0, 0.1) is 5.41 Å². The van der Waals surface area contributed by atoms with Gasteiger partial charge in [-0.05, 0) is 42.3 Å². The normalized spacial score (nSPS) is 10.3. The summed E-state index contributed by atoms with van der Waals surface area (Å²) in [5.74, 6) is 0.0358. The molecule has 3 nitrogen and oxygen atoms in total. The standard InChI is InChI=1S/C16H18ClN3/c1-3-11-4-7-13(8-5-11)20(2)15-10-12(17)6-9-14(15)16(18)19/h4-10H,3H2,1-2H3,(H3,18,19). The Morgan fingerprint density at radius 1 is 1.20 bits per heavy atom. The first kappa shape index (κ1) is 14.4. The zero-order valence-corrected chi connectivity index (χ0v) is 12.4. The van der Waals surface area contributed by atoms with Gasteiger partial charge in [0.25, 0.3) is 0 Å². The lowest BCUT2D eigenvalue weighted by atomic mass is 10.1. The van der Waals surface area contributed by atoms with E-state index >= 15 is 0 Å². The van der Waals surface area contributed by atoms with E-state index in [1.54, 1.807) is 12.1 Å². The number of nitrogen functional groups attached to an aromatic ring is 1. The molecule has 0 aliphatic carbocycles. The maximum absolute atomic E-state index is 7.67. The van der Waals surface area contributed by atoms with Gasteiger partial charge < -0.3 is 10.6 Å². The Morgan fingerprint density at radius 3 is 2.40 bits per heavy atom. The second kappa shape index (κ2) is 5.97. The lowest BCUT2D eigenvalue weighted by Crippen LogP contribution is -2.18. The number of amidine groups is 1. The molecular weight excluding hydrogens is 270 g/mol. The highest BCUT2D eigenvalue weighted by atomic mass is 35.5. The number of hydrogen-bond acceptors (Lipinski definition) is 2. The summed E-state index contributed by atoms with van der Waals surface area (Å²) in [6.45, 7) is 2.13. The van der Waals surface area contributed by atoms with Crippen LogP contribution in [0.5, 0.6) is 0 Å². The van der Waals surface area contributed by atoms with E-state index < -0.39 is 0 Å². The Bertz CT molecular complexity index is 620. The summed E-state index contributed by atoms with van der Waals surface area (Å²) < 4.78 is 0. The molecule has 0 aliphatic rings. The van der Waals surface area contributed by atoms with E-state index in [1.165, 1.54) is 5.56 Å². The summed E-state index contributed by atoms with van der Waals surface area (Å²) in [4.78, 5) is 1.99. The van der Waals surface area contributed by atoms with Crippen molar-refractivity contribution in [2.45, 2.75) is 13.3 Å². The van der Waals surface area contributed by atoms with Gasteiger partial charge in [-0.3, -0.25) is 5.41 Å². The van der Waals surface area contributed by atoms with Gasteiger partial charge in [0.2, 0.25) is 0 Å². The van der Waals surface area contributed by atoms with Crippen LogP contribution in [0.3, 0.4) is 0 Å². The molecule has 0 aromatic heterocycles. The maximum Gasteiger partial charge on any atom is 0.124 e. The van der Waals surface area contributed by atoms with Crippen molar-refractivity contribution in [2.24, 2.45) is 5.73 Å². The Kier molecular flexibility index (Phi) is 4.30. The van der Waals surface area contributed by atoms with Gasteiger partial charge in [-0.25, -0.2) is 0 Å². The molecule has 0 unspecified atom stereocenters. The van der Waals surface area contributed by atoms with Crippen LogP contribution < -0.4 is 10.6 Å². The second-order valence-corrected chi connectivity index (χ2v) is 5.09. The molecule has 104 valence electrons. The Hall–Kier alpha value is -2.00. The molecule has 0 aliphatic heterocycles. The van der Waals surface area contributed by atoms with Crippen molar-refractivity contribution in [3.05, 3.63) is 58.6 Å². The predicted octanol–water partition coefficient (Wildman–Crippen LogP) is 3.95. The van der Waals surface area contributed by atoms with E-state index in [0.717, 1.165) is 17.8 Å². The largest absolute Gasteiger partial charge is 0.384 e. The van der Waals surface area contributed by atoms with E-state index in [1.807, 2.05) is 18.0 Å². The third kappa shape index (κ3) is 2.94. The zero-order valence-electron chi connectivity index (χ0n) is 11.7. The van der Waals surface area contributed by atoms with E-state index in [4.69, 9.17) is 22.7 Å². The van der Waals surface area contributed by atoms with Crippen molar-refractivity contribution >= 4 is 28.8 Å². The van der Waals surface area contributed by atoms with Crippen molar-refractivity contribution < 1.29 is 0 Å². The first-order chi connectivity index (χ1) is 9.52. The molecule has 4 heteroatoms. The number of benzene rings is 2. The minimum absolute atomic E-state index is 0.0358. The molecule has 20 heavy (non-hydrogen) atoms. The van der Waals surface area contributed by atoms with Gasteiger partial charge in [0.05, 0.1) is 5.69 Å². The van der Waals surface area contributed by atoms with Gasteiger partial charge >= 0.3 is 0 Å². The van der Waals surface area contributed by atoms with Crippen molar-refractivity contribution in [3.8, 4) is 0 Å². The van der Waals surface area contributed by atoms with Crippen molar-refractivity contribution in [2.75, 3.05) is 11.9 Å². The molecule has 0 saturated heterocycles. The van der Waals surface area contributed by atoms with Crippen LogP contribution in [0.15, 0.2) is 42.5 Å². The fraction of sp³-hybridized carbons (Fsp3) is 0.188. The van der Waals surface area contributed by atoms with Crippen LogP contribution in [-0.4, -0.2) is 12.9 Å². The fourth-order valence-corrected chi connectivity index (χ4v) is 2.27. The first-order valence-corrected chi connectivity index (χ1v) is 6.87. The summed E-state index contributed by atoms with van der Waals surface area (Å²) in [5, 5.41) is 8.30. The van der Waals surface area contributed by atoms with E-state index in [9.17, 15) is 0 Å². The van der Waals surface area contributed by atoms with Crippen molar-refractivity contribution in [1.82, 2.24) is 0 Å². The number of halogens is 1. The highest BCUT2D eigenvalue weighted by Crippen LogP contribution is 2.29. The molecular formula is C16H18ClN3. The number of hydrogen-bond donors (Lipinski definition) is 2. The third-order valence-electron chi connectivity index (χ3n) is 3.34. The number of nitrogens with one attached hydrogen (secondary N) is 1. The van der Waals surface area contributed by atoms with Crippen LogP contribution in [-0.2, 0) is 6.42 Å². The zero-order chi connectivity index (χ0) is 14.7. The summed E-state index contributed by atoms with van der Waals surface area (Å²) in [6.07, 6.45) is 1.01. The molecule has 0 radical (unpaired) electrons. The highest BCUT2D eigenvalue weighted by Gasteiger charge is 2.12.